The predicted octanol–water partition coefficient (Wildman–Crippen LogP) is 3.31. The molecule has 0 aliphatic rings. The van der Waals surface area contributed by atoms with Gasteiger partial charge in [0, 0.05) is 16.1 Å². The molecule has 5 heteroatoms. The summed E-state index contributed by atoms with van der Waals surface area (Å²) in [5.74, 6) is 0. The van der Waals surface area contributed by atoms with E-state index in [0.29, 0.717) is 6.29 Å². The van der Waals surface area contributed by atoms with Gasteiger partial charge in [0.1, 0.15) is 12.3 Å². The fourth-order valence-corrected chi connectivity index (χ4v) is 3.03. The lowest BCUT2D eigenvalue weighted by Gasteiger charge is -2.22. The van der Waals surface area contributed by atoms with Gasteiger partial charge in [0.15, 0.2) is 0 Å². The molecule has 19 heavy (non-hydrogen) atoms. The van der Waals surface area contributed by atoms with Crippen LogP contribution in [0.15, 0.2) is 43.0 Å². The summed E-state index contributed by atoms with van der Waals surface area (Å²) in [5.41, 5.74) is 0. The lowest BCUT2D eigenvalue weighted by molar-refractivity contribution is -0.111. The van der Waals surface area contributed by atoms with Gasteiger partial charge in [-0.15, -0.1) is 17.9 Å². The van der Waals surface area contributed by atoms with Crippen molar-refractivity contribution in [2.75, 3.05) is 6.54 Å². The Labute approximate surface area is 114 Å². The SMILES string of the molecule is C=CCN(C(=O)O)C(C=O)c1cc2ccccc2s1. The van der Waals surface area contributed by atoms with Crippen LogP contribution in [0.2, 0.25) is 0 Å². The number of hydrogen-bond donors (Lipinski definition) is 1. The van der Waals surface area contributed by atoms with Gasteiger partial charge in [-0.3, -0.25) is 4.90 Å². The van der Waals surface area contributed by atoms with Crippen molar-refractivity contribution in [1.82, 2.24) is 4.90 Å². The first-order valence-electron chi connectivity index (χ1n) is 5.71. The number of thiophene rings is 1. The van der Waals surface area contributed by atoms with Crippen LogP contribution in [0.5, 0.6) is 0 Å². The Balaban J connectivity index is 2.42. The van der Waals surface area contributed by atoms with Crippen LogP contribution in [0, 0.1) is 0 Å². The largest absolute Gasteiger partial charge is 0.465 e. The van der Waals surface area contributed by atoms with Crippen LogP contribution in [0.1, 0.15) is 10.9 Å². The molecule has 0 aliphatic carbocycles. The molecule has 0 spiro atoms. The summed E-state index contributed by atoms with van der Waals surface area (Å²) in [6.45, 7) is 3.64. The highest BCUT2D eigenvalue weighted by atomic mass is 32.1. The van der Waals surface area contributed by atoms with Crippen LogP contribution < -0.4 is 0 Å². The molecule has 1 amide bonds. The summed E-state index contributed by atoms with van der Waals surface area (Å²) < 4.78 is 1.04. The summed E-state index contributed by atoms with van der Waals surface area (Å²) in [7, 11) is 0. The highest BCUT2D eigenvalue weighted by Crippen LogP contribution is 2.31. The van der Waals surface area contributed by atoms with Crippen molar-refractivity contribution in [3.8, 4) is 0 Å². The summed E-state index contributed by atoms with van der Waals surface area (Å²) in [5, 5.41) is 10.2. The summed E-state index contributed by atoms with van der Waals surface area (Å²) >= 11 is 1.43. The van der Waals surface area contributed by atoms with Crippen molar-refractivity contribution >= 4 is 33.8 Å². The third kappa shape index (κ3) is 2.66. The molecule has 1 heterocycles. The summed E-state index contributed by atoms with van der Waals surface area (Å²) in [4.78, 5) is 24.3. The van der Waals surface area contributed by atoms with Crippen LogP contribution >= 0.6 is 11.3 Å². The molecule has 1 atom stereocenters. The van der Waals surface area contributed by atoms with E-state index in [1.54, 1.807) is 0 Å². The first kappa shape index (κ1) is 13.3. The van der Waals surface area contributed by atoms with Gasteiger partial charge in [-0.05, 0) is 17.5 Å². The number of carbonyl (C=O) groups excluding carboxylic acids is 1. The highest BCUT2D eigenvalue weighted by Gasteiger charge is 2.25. The van der Waals surface area contributed by atoms with Crippen molar-refractivity contribution in [2.24, 2.45) is 0 Å². The number of rotatable bonds is 5. The number of carboxylic acid groups (broad SMARTS) is 1. The minimum atomic E-state index is -1.13. The molecule has 0 fully saturated rings. The Kier molecular flexibility index (Phi) is 3.97. The molecule has 0 radical (unpaired) electrons. The molecule has 98 valence electrons. The third-order valence-electron chi connectivity index (χ3n) is 2.77. The van der Waals surface area contributed by atoms with E-state index in [1.807, 2.05) is 30.3 Å². The lowest BCUT2D eigenvalue weighted by atomic mass is 10.2. The quantitative estimate of drug-likeness (QED) is 0.672. The van der Waals surface area contributed by atoms with Gasteiger partial charge in [-0.1, -0.05) is 24.3 Å². The minimum Gasteiger partial charge on any atom is -0.465 e. The molecule has 0 aliphatic heterocycles. The van der Waals surface area contributed by atoms with E-state index in [9.17, 15) is 9.59 Å². The molecule has 1 aromatic carbocycles. The van der Waals surface area contributed by atoms with Gasteiger partial charge in [-0.2, -0.15) is 0 Å². The van der Waals surface area contributed by atoms with Crippen LogP contribution in [0.3, 0.4) is 0 Å². The Morgan fingerprint density at radius 2 is 2.21 bits per heavy atom. The second-order valence-corrected chi connectivity index (χ2v) is 5.11. The van der Waals surface area contributed by atoms with Gasteiger partial charge in [-0.25, -0.2) is 4.79 Å². The van der Waals surface area contributed by atoms with Crippen molar-refractivity contribution in [1.29, 1.82) is 0 Å². The molecular weight excluding hydrogens is 262 g/mol. The second-order valence-electron chi connectivity index (χ2n) is 3.99. The zero-order chi connectivity index (χ0) is 13.8. The van der Waals surface area contributed by atoms with Crippen LogP contribution in [0.4, 0.5) is 4.79 Å². The Hall–Kier alpha value is -2.14. The number of benzene rings is 1. The normalized spacial score (nSPS) is 12.0. The van der Waals surface area contributed by atoms with Crippen molar-refractivity contribution in [3.05, 3.63) is 47.9 Å². The van der Waals surface area contributed by atoms with Crippen LogP contribution in [-0.4, -0.2) is 28.9 Å². The van der Waals surface area contributed by atoms with E-state index >= 15 is 0 Å². The maximum absolute atomic E-state index is 11.3. The van der Waals surface area contributed by atoms with Gasteiger partial charge in [0.05, 0.1) is 0 Å². The molecule has 1 N–H and O–H groups in total. The van der Waals surface area contributed by atoms with Gasteiger partial charge in [0.25, 0.3) is 0 Å². The number of amides is 1. The van der Waals surface area contributed by atoms with Crippen LogP contribution in [-0.2, 0) is 4.79 Å². The number of nitrogens with zero attached hydrogens (tertiary/aromatic N) is 1. The summed E-state index contributed by atoms with van der Waals surface area (Å²) in [6, 6.07) is 8.79. The summed E-state index contributed by atoms with van der Waals surface area (Å²) in [6.07, 6.45) is 0.995. The first-order valence-corrected chi connectivity index (χ1v) is 6.53. The lowest BCUT2D eigenvalue weighted by Crippen LogP contribution is -2.34. The Morgan fingerprint density at radius 1 is 1.47 bits per heavy atom. The maximum Gasteiger partial charge on any atom is 0.408 e. The fraction of sp³-hybridized carbons (Fsp3) is 0.143. The maximum atomic E-state index is 11.3. The van der Waals surface area contributed by atoms with Gasteiger partial charge < -0.3 is 9.90 Å². The molecule has 4 nitrogen and oxygen atoms in total. The van der Waals surface area contributed by atoms with E-state index < -0.39 is 12.1 Å². The number of carbonyl (C=O) groups is 2. The van der Waals surface area contributed by atoms with E-state index in [4.69, 9.17) is 5.11 Å². The van der Waals surface area contributed by atoms with Gasteiger partial charge >= 0.3 is 6.09 Å². The van der Waals surface area contributed by atoms with E-state index in [1.165, 1.54) is 17.4 Å². The zero-order valence-corrected chi connectivity index (χ0v) is 11.0. The van der Waals surface area contributed by atoms with Crippen molar-refractivity contribution in [3.63, 3.8) is 0 Å². The molecule has 2 aromatic rings. The Morgan fingerprint density at radius 3 is 2.79 bits per heavy atom. The average Bonchev–Trinajstić information content (AvgIpc) is 2.81. The monoisotopic (exact) mass is 275 g/mol. The van der Waals surface area contributed by atoms with Crippen molar-refractivity contribution < 1.29 is 14.7 Å². The second kappa shape index (κ2) is 5.67. The van der Waals surface area contributed by atoms with E-state index in [2.05, 4.69) is 6.58 Å². The number of aldehydes is 1. The number of hydrogen-bond acceptors (Lipinski definition) is 3. The van der Waals surface area contributed by atoms with Crippen LogP contribution in [0.25, 0.3) is 10.1 Å². The average molecular weight is 275 g/mol. The standard InChI is InChI=1S/C14H13NO3S/c1-2-7-15(14(17)18)11(9-16)13-8-10-5-3-4-6-12(10)19-13/h2-6,8-9,11H,1,7H2,(H,17,18). The first-order chi connectivity index (χ1) is 9.17. The molecule has 1 aromatic heterocycles. The molecule has 1 unspecified atom stereocenters. The molecule has 2 rings (SSSR count). The molecular formula is C14H13NO3S. The smallest absolute Gasteiger partial charge is 0.408 e. The predicted molar refractivity (Wildman–Crippen MR) is 75.6 cm³/mol. The molecule has 0 saturated carbocycles. The van der Waals surface area contributed by atoms with E-state index in [-0.39, 0.29) is 6.54 Å². The van der Waals surface area contributed by atoms with E-state index in [0.717, 1.165) is 19.9 Å². The minimum absolute atomic E-state index is 0.118. The molecule has 0 bridgehead atoms. The fourth-order valence-electron chi connectivity index (χ4n) is 1.89. The zero-order valence-electron chi connectivity index (χ0n) is 10.2. The Bertz CT molecular complexity index is 587. The molecule has 0 saturated heterocycles. The highest BCUT2D eigenvalue weighted by molar-refractivity contribution is 7.19. The third-order valence-corrected chi connectivity index (χ3v) is 3.96. The number of fused-ring (bicyclic) bond motifs is 1. The topological polar surface area (TPSA) is 57.6 Å². The van der Waals surface area contributed by atoms with Gasteiger partial charge in [0.2, 0.25) is 0 Å². The van der Waals surface area contributed by atoms with Crippen molar-refractivity contribution in [2.45, 2.75) is 6.04 Å².